The van der Waals surface area contributed by atoms with Gasteiger partial charge in [-0.3, -0.25) is 0 Å². The second-order valence-corrected chi connectivity index (χ2v) is 3.86. The fourth-order valence-electron chi connectivity index (χ4n) is 1.57. The maximum absolute atomic E-state index is 11.0. The minimum atomic E-state index is -0.962. The number of nitrogens with one attached hydrogen (secondary N) is 1. The van der Waals surface area contributed by atoms with Crippen LogP contribution in [0.5, 0.6) is 11.5 Å². The maximum Gasteiger partial charge on any atom is 0.344 e. The Morgan fingerprint density at radius 1 is 1.50 bits per heavy atom. The van der Waals surface area contributed by atoms with E-state index in [1.54, 1.807) is 20.1 Å². The van der Waals surface area contributed by atoms with Crippen LogP contribution < -0.4 is 14.8 Å². The normalized spacial score (nSPS) is 11.9. The predicted molar refractivity (Wildman–Crippen MR) is 68.1 cm³/mol. The van der Waals surface area contributed by atoms with Gasteiger partial charge in [-0.15, -0.1) is 0 Å². The van der Waals surface area contributed by atoms with Crippen LogP contribution >= 0.6 is 0 Å². The summed E-state index contributed by atoms with van der Waals surface area (Å²) in [5.41, 5.74) is 0.901. The Bertz CT molecular complexity index is 406. The Hall–Kier alpha value is -1.75. The number of carboxylic acid groups (broad SMARTS) is 1. The number of ether oxygens (including phenoxy) is 2. The average molecular weight is 253 g/mol. The topological polar surface area (TPSA) is 67.8 Å². The van der Waals surface area contributed by atoms with E-state index in [1.807, 2.05) is 19.2 Å². The van der Waals surface area contributed by atoms with Gasteiger partial charge in [0.15, 0.2) is 6.10 Å². The highest BCUT2D eigenvalue weighted by Crippen LogP contribution is 2.26. The second kappa shape index (κ2) is 6.86. The molecule has 5 nitrogen and oxygen atoms in total. The Kier molecular flexibility index (Phi) is 5.45. The van der Waals surface area contributed by atoms with E-state index in [2.05, 4.69) is 5.32 Å². The molecule has 0 bridgehead atoms. The number of benzene rings is 1. The molecule has 5 heteroatoms. The molecule has 0 aliphatic carbocycles. The van der Waals surface area contributed by atoms with Crippen molar-refractivity contribution >= 4 is 5.97 Å². The van der Waals surface area contributed by atoms with Gasteiger partial charge >= 0.3 is 5.97 Å². The lowest BCUT2D eigenvalue weighted by molar-refractivity contribution is -0.145. The first-order valence-electron chi connectivity index (χ1n) is 5.83. The number of carboxylic acids is 1. The van der Waals surface area contributed by atoms with Gasteiger partial charge in [-0.05, 0) is 19.5 Å². The summed E-state index contributed by atoms with van der Waals surface area (Å²) in [6.45, 7) is 2.38. The van der Waals surface area contributed by atoms with Crippen LogP contribution in [0.1, 0.15) is 18.9 Å². The van der Waals surface area contributed by atoms with Crippen LogP contribution in [-0.4, -0.2) is 31.3 Å². The Morgan fingerprint density at radius 2 is 2.22 bits per heavy atom. The summed E-state index contributed by atoms with van der Waals surface area (Å²) in [5, 5.41) is 12.0. The quantitative estimate of drug-likeness (QED) is 0.773. The summed E-state index contributed by atoms with van der Waals surface area (Å²) in [6.07, 6.45) is -0.432. The number of rotatable bonds is 7. The fraction of sp³-hybridized carbons (Fsp3) is 0.462. The summed E-state index contributed by atoms with van der Waals surface area (Å²) in [4.78, 5) is 11.0. The molecule has 1 aromatic rings. The lowest BCUT2D eigenvalue weighted by Gasteiger charge is -2.17. The summed E-state index contributed by atoms with van der Waals surface area (Å²) >= 11 is 0. The predicted octanol–water partition coefficient (Wildman–Crippen LogP) is 1.66. The van der Waals surface area contributed by atoms with Crippen molar-refractivity contribution < 1.29 is 19.4 Å². The highest BCUT2D eigenvalue weighted by molar-refractivity contribution is 5.72. The SMILES string of the molecule is CCC(Oc1cc(OC)ccc1CNC)C(=O)O. The molecule has 0 radical (unpaired) electrons. The monoisotopic (exact) mass is 253 g/mol. The average Bonchev–Trinajstić information content (AvgIpc) is 2.37. The molecule has 0 aromatic heterocycles. The highest BCUT2D eigenvalue weighted by Gasteiger charge is 2.18. The molecule has 0 amide bonds. The molecular weight excluding hydrogens is 234 g/mol. The first-order valence-corrected chi connectivity index (χ1v) is 5.83. The third-order valence-corrected chi connectivity index (χ3v) is 2.56. The van der Waals surface area contributed by atoms with Gasteiger partial charge in [-0.1, -0.05) is 13.0 Å². The van der Waals surface area contributed by atoms with Crippen LogP contribution in [0.15, 0.2) is 18.2 Å². The third kappa shape index (κ3) is 3.63. The van der Waals surface area contributed by atoms with E-state index in [0.717, 1.165) is 5.56 Å². The lowest BCUT2D eigenvalue weighted by atomic mass is 10.2. The van der Waals surface area contributed by atoms with Crippen LogP contribution in [0, 0.1) is 0 Å². The van der Waals surface area contributed by atoms with E-state index >= 15 is 0 Å². The number of hydrogen-bond acceptors (Lipinski definition) is 4. The van der Waals surface area contributed by atoms with E-state index in [1.165, 1.54) is 0 Å². The van der Waals surface area contributed by atoms with Crippen molar-refractivity contribution in [2.45, 2.75) is 26.0 Å². The minimum Gasteiger partial charge on any atom is -0.497 e. The van der Waals surface area contributed by atoms with Crippen molar-refractivity contribution in [1.82, 2.24) is 5.32 Å². The second-order valence-electron chi connectivity index (χ2n) is 3.86. The van der Waals surface area contributed by atoms with Gasteiger partial charge in [0.05, 0.1) is 7.11 Å². The van der Waals surface area contributed by atoms with Gasteiger partial charge in [0, 0.05) is 18.2 Å². The van der Waals surface area contributed by atoms with Crippen LogP contribution in [0.25, 0.3) is 0 Å². The van der Waals surface area contributed by atoms with Crippen molar-refractivity contribution in [2.24, 2.45) is 0 Å². The molecule has 2 N–H and O–H groups in total. The summed E-state index contributed by atoms with van der Waals surface area (Å²) in [6, 6.07) is 5.39. The zero-order valence-electron chi connectivity index (χ0n) is 10.9. The van der Waals surface area contributed by atoms with Crippen LogP contribution in [0.3, 0.4) is 0 Å². The van der Waals surface area contributed by atoms with E-state index in [9.17, 15) is 4.79 Å². The smallest absolute Gasteiger partial charge is 0.344 e. The molecule has 0 fully saturated rings. The molecule has 1 atom stereocenters. The van der Waals surface area contributed by atoms with E-state index in [4.69, 9.17) is 14.6 Å². The Labute approximate surface area is 107 Å². The van der Waals surface area contributed by atoms with Gasteiger partial charge < -0.3 is 19.9 Å². The van der Waals surface area contributed by atoms with Gasteiger partial charge in [0.2, 0.25) is 0 Å². The molecule has 0 aliphatic rings. The zero-order valence-corrected chi connectivity index (χ0v) is 10.9. The molecule has 0 aliphatic heterocycles. The summed E-state index contributed by atoms with van der Waals surface area (Å²) in [7, 11) is 3.38. The van der Waals surface area contributed by atoms with Crippen molar-refractivity contribution in [3.05, 3.63) is 23.8 Å². The highest BCUT2D eigenvalue weighted by atomic mass is 16.5. The largest absolute Gasteiger partial charge is 0.497 e. The molecular formula is C13H19NO4. The molecule has 1 aromatic carbocycles. The van der Waals surface area contributed by atoms with Crippen LogP contribution in [0.2, 0.25) is 0 Å². The number of aliphatic carboxylic acids is 1. The van der Waals surface area contributed by atoms with Crippen molar-refractivity contribution in [2.75, 3.05) is 14.2 Å². The summed E-state index contributed by atoms with van der Waals surface area (Å²) < 4.78 is 10.6. The lowest BCUT2D eigenvalue weighted by Crippen LogP contribution is -2.26. The minimum absolute atomic E-state index is 0.408. The van der Waals surface area contributed by atoms with Crippen molar-refractivity contribution in [3.63, 3.8) is 0 Å². The molecule has 0 heterocycles. The van der Waals surface area contributed by atoms with Crippen LogP contribution in [0.4, 0.5) is 0 Å². The number of methoxy groups -OCH3 is 1. The molecule has 1 rings (SSSR count). The van der Waals surface area contributed by atoms with Crippen molar-refractivity contribution in [1.29, 1.82) is 0 Å². The Morgan fingerprint density at radius 3 is 2.72 bits per heavy atom. The number of hydrogen-bond donors (Lipinski definition) is 2. The number of carbonyl (C=O) groups is 1. The van der Waals surface area contributed by atoms with E-state index in [0.29, 0.717) is 24.5 Å². The van der Waals surface area contributed by atoms with E-state index < -0.39 is 12.1 Å². The zero-order chi connectivity index (χ0) is 13.5. The van der Waals surface area contributed by atoms with Gasteiger partial charge in [-0.25, -0.2) is 4.79 Å². The first-order chi connectivity index (χ1) is 8.62. The standard InChI is InChI=1S/C13H19NO4/c1-4-11(13(15)16)18-12-7-10(17-3)6-5-9(12)8-14-2/h5-7,11,14H,4,8H2,1-3H3,(H,15,16). The maximum atomic E-state index is 11.0. The third-order valence-electron chi connectivity index (χ3n) is 2.56. The van der Waals surface area contributed by atoms with Crippen LogP contribution in [-0.2, 0) is 11.3 Å². The molecule has 1 unspecified atom stereocenters. The molecule has 18 heavy (non-hydrogen) atoms. The van der Waals surface area contributed by atoms with Gasteiger partial charge in [0.1, 0.15) is 11.5 Å². The fourth-order valence-corrected chi connectivity index (χ4v) is 1.57. The van der Waals surface area contributed by atoms with Crippen molar-refractivity contribution in [3.8, 4) is 11.5 Å². The molecule has 0 spiro atoms. The molecule has 100 valence electrons. The molecule has 0 saturated carbocycles. The summed E-state index contributed by atoms with van der Waals surface area (Å²) in [5.74, 6) is 0.221. The van der Waals surface area contributed by atoms with Gasteiger partial charge in [0.25, 0.3) is 0 Å². The Balaban J connectivity index is 2.98. The van der Waals surface area contributed by atoms with Gasteiger partial charge in [-0.2, -0.15) is 0 Å². The van der Waals surface area contributed by atoms with E-state index in [-0.39, 0.29) is 0 Å². The molecule has 0 saturated heterocycles. The first kappa shape index (κ1) is 14.3.